The normalized spacial score (nSPS) is 45.8. The summed E-state index contributed by atoms with van der Waals surface area (Å²) in [7, 11) is 0. The van der Waals surface area contributed by atoms with Crippen molar-refractivity contribution in [2.24, 2.45) is 17.3 Å². The van der Waals surface area contributed by atoms with Crippen LogP contribution in [0, 0.1) is 17.3 Å². The van der Waals surface area contributed by atoms with Crippen LogP contribution in [-0.4, -0.2) is 5.78 Å². The second-order valence-electron chi connectivity index (χ2n) is 5.26. The van der Waals surface area contributed by atoms with Gasteiger partial charge in [-0.05, 0) is 30.6 Å². The third kappa shape index (κ3) is 1.43. The highest BCUT2D eigenvalue weighted by atomic mass is 16.1. The number of hydrogen-bond acceptors (Lipinski definition) is 1. The number of carbonyl (C=O) groups is 1. The van der Waals surface area contributed by atoms with Crippen molar-refractivity contribution in [3.05, 3.63) is 0 Å². The van der Waals surface area contributed by atoms with Crippen LogP contribution in [0.25, 0.3) is 0 Å². The van der Waals surface area contributed by atoms with Crippen molar-refractivity contribution in [3.63, 3.8) is 0 Å². The molecule has 0 spiro atoms. The van der Waals surface area contributed by atoms with Crippen molar-refractivity contribution in [1.29, 1.82) is 0 Å². The van der Waals surface area contributed by atoms with E-state index in [0.717, 1.165) is 12.8 Å². The summed E-state index contributed by atoms with van der Waals surface area (Å²) in [6.45, 7) is 4.55. The van der Waals surface area contributed by atoms with E-state index in [-0.39, 0.29) is 0 Å². The van der Waals surface area contributed by atoms with Crippen LogP contribution in [-0.2, 0) is 4.79 Å². The summed E-state index contributed by atoms with van der Waals surface area (Å²) in [5.74, 6) is 1.56. The van der Waals surface area contributed by atoms with Gasteiger partial charge in [0.25, 0.3) is 0 Å². The molecule has 0 N–H and O–H groups in total. The van der Waals surface area contributed by atoms with Crippen molar-refractivity contribution < 1.29 is 4.79 Å². The van der Waals surface area contributed by atoms with Crippen LogP contribution in [0.4, 0.5) is 0 Å². The quantitative estimate of drug-likeness (QED) is 0.559. The maximum absolute atomic E-state index is 11.6. The van der Waals surface area contributed by atoms with Crippen LogP contribution >= 0.6 is 0 Å². The molecule has 2 rings (SSSR count). The molecule has 74 valence electrons. The second kappa shape index (κ2) is 3.11. The van der Waals surface area contributed by atoms with E-state index in [1.807, 2.05) is 0 Å². The maximum atomic E-state index is 11.6. The largest absolute Gasteiger partial charge is 0.299 e. The Morgan fingerprint density at radius 1 is 1.31 bits per heavy atom. The molecule has 2 aliphatic rings. The Kier molecular flexibility index (Phi) is 2.21. The molecule has 0 amide bonds. The zero-order valence-corrected chi connectivity index (χ0v) is 8.81. The van der Waals surface area contributed by atoms with Gasteiger partial charge in [0, 0.05) is 12.3 Å². The molecule has 0 aromatic rings. The Morgan fingerprint density at radius 3 is 2.85 bits per heavy atom. The van der Waals surface area contributed by atoms with E-state index in [1.165, 1.54) is 25.7 Å². The minimum Gasteiger partial charge on any atom is -0.299 e. The molecule has 0 bridgehead atoms. The van der Waals surface area contributed by atoms with E-state index in [1.54, 1.807) is 0 Å². The van der Waals surface area contributed by atoms with E-state index in [0.29, 0.717) is 23.0 Å². The van der Waals surface area contributed by atoms with Gasteiger partial charge in [0.1, 0.15) is 5.78 Å². The minimum absolute atomic E-state index is 0.346. The fraction of sp³-hybridized carbons (Fsp3) is 0.917. The average molecular weight is 180 g/mol. The molecule has 0 radical (unpaired) electrons. The molecular weight excluding hydrogens is 160 g/mol. The number of ketones is 1. The van der Waals surface area contributed by atoms with Gasteiger partial charge < -0.3 is 0 Å². The predicted molar refractivity (Wildman–Crippen MR) is 53.5 cm³/mol. The molecule has 2 fully saturated rings. The van der Waals surface area contributed by atoms with Gasteiger partial charge in [0.15, 0.2) is 0 Å². The van der Waals surface area contributed by atoms with Gasteiger partial charge in [-0.25, -0.2) is 0 Å². The summed E-state index contributed by atoms with van der Waals surface area (Å²) in [5, 5.41) is 0. The predicted octanol–water partition coefficient (Wildman–Crippen LogP) is 3.18. The van der Waals surface area contributed by atoms with Crippen LogP contribution in [0.1, 0.15) is 52.4 Å². The van der Waals surface area contributed by atoms with Crippen LogP contribution in [0.2, 0.25) is 0 Å². The monoisotopic (exact) mass is 180 g/mol. The van der Waals surface area contributed by atoms with Gasteiger partial charge in [-0.15, -0.1) is 0 Å². The maximum Gasteiger partial charge on any atom is 0.136 e. The van der Waals surface area contributed by atoms with Crippen LogP contribution < -0.4 is 0 Å². The van der Waals surface area contributed by atoms with Crippen molar-refractivity contribution in [3.8, 4) is 0 Å². The van der Waals surface area contributed by atoms with E-state index in [2.05, 4.69) is 13.8 Å². The van der Waals surface area contributed by atoms with Crippen LogP contribution in [0.3, 0.4) is 0 Å². The van der Waals surface area contributed by atoms with Gasteiger partial charge in [-0.1, -0.05) is 26.7 Å². The van der Waals surface area contributed by atoms with Crippen LogP contribution in [0.5, 0.6) is 0 Å². The summed E-state index contributed by atoms with van der Waals surface area (Å²) < 4.78 is 0. The number of fused-ring (bicyclic) bond motifs is 1. The Balaban J connectivity index is 2.19. The second-order valence-corrected chi connectivity index (χ2v) is 5.26. The Hall–Kier alpha value is -0.330. The fourth-order valence-corrected chi connectivity index (χ4v) is 3.45. The number of Topliss-reactive ketones (excluding diaryl/α,β-unsaturated/α-hetero) is 1. The third-order valence-electron chi connectivity index (χ3n) is 4.46. The molecule has 1 heteroatoms. The van der Waals surface area contributed by atoms with E-state index in [4.69, 9.17) is 0 Å². The Bertz CT molecular complexity index is 221. The summed E-state index contributed by atoms with van der Waals surface area (Å²) in [6.07, 6.45) is 7.37. The van der Waals surface area contributed by atoms with Crippen molar-refractivity contribution in [1.82, 2.24) is 0 Å². The molecule has 0 unspecified atom stereocenters. The van der Waals surface area contributed by atoms with Gasteiger partial charge in [-0.2, -0.15) is 0 Å². The first-order valence-electron chi connectivity index (χ1n) is 5.66. The highest BCUT2D eigenvalue weighted by Gasteiger charge is 2.44. The van der Waals surface area contributed by atoms with Gasteiger partial charge in [-0.3, -0.25) is 4.79 Å². The summed E-state index contributed by atoms with van der Waals surface area (Å²) in [5.41, 5.74) is 0.506. The lowest BCUT2D eigenvalue weighted by Gasteiger charge is -2.47. The molecule has 0 aromatic heterocycles. The fourth-order valence-electron chi connectivity index (χ4n) is 3.45. The third-order valence-corrected chi connectivity index (χ3v) is 4.46. The number of hydrogen-bond donors (Lipinski definition) is 0. The molecule has 13 heavy (non-hydrogen) atoms. The molecule has 0 saturated heterocycles. The first-order chi connectivity index (χ1) is 6.13. The molecule has 3 atom stereocenters. The first-order valence-corrected chi connectivity index (χ1v) is 5.66. The number of rotatable bonds is 0. The van der Waals surface area contributed by atoms with Crippen LogP contribution in [0.15, 0.2) is 0 Å². The first kappa shape index (κ1) is 9.23. The smallest absolute Gasteiger partial charge is 0.136 e. The molecule has 0 aromatic carbocycles. The highest BCUT2D eigenvalue weighted by molar-refractivity contribution is 5.82. The lowest BCUT2D eigenvalue weighted by molar-refractivity contribution is -0.132. The topological polar surface area (TPSA) is 17.1 Å². The number of carbonyl (C=O) groups excluding carboxylic acids is 1. The van der Waals surface area contributed by atoms with E-state index in [9.17, 15) is 4.79 Å². The molecule has 1 nitrogen and oxygen atoms in total. The SMILES string of the molecule is C[C@@H]1C(=O)CC[C@@]2(C)CCCC[C@H]12. The molecule has 2 saturated carbocycles. The van der Waals surface area contributed by atoms with Crippen molar-refractivity contribution in [2.45, 2.75) is 52.4 Å². The van der Waals surface area contributed by atoms with Gasteiger partial charge in [0.05, 0.1) is 0 Å². The lowest BCUT2D eigenvalue weighted by atomic mass is 9.57. The molecule has 0 aliphatic heterocycles. The van der Waals surface area contributed by atoms with Gasteiger partial charge >= 0.3 is 0 Å². The summed E-state index contributed by atoms with van der Waals surface area (Å²) in [4.78, 5) is 11.6. The lowest BCUT2D eigenvalue weighted by Crippen LogP contribution is -2.42. The summed E-state index contributed by atoms with van der Waals surface area (Å²) >= 11 is 0. The molecule has 2 aliphatic carbocycles. The Labute approximate surface area is 80.9 Å². The van der Waals surface area contributed by atoms with Crippen molar-refractivity contribution >= 4 is 5.78 Å². The average Bonchev–Trinajstić information content (AvgIpc) is 2.12. The highest BCUT2D eigenvalue weighted by Crippen LogP contribution is 2.51. The zero-order valence-electron chi connectivity index (χ0n) is 8.81. The van der Waals surface area contributed by atoms with Gasteiger partial charge in [0.2, 0.25) is 0 Å². The van der Waals surface area contributed by atoms with Crippen molar-refractivity contribution in [2.75, 3.05) is 0 Å². The molecular formula is C12H20O. The Morgan fingerprint density at radius 2 is 2.08 bits per heavy atom. The molecule has 0 heterocycles. The standard InChI is InChI=1S/C12H20O/c1-9-10-5-3-4-7-12(10,2)8-6-11(9)13/h9-10H,3-8H2,1-2H3/t9-,10+,12+/m0/s1. The minimum atomic E-state index is 0.346. The zero-order chi connectivity index (χ0) is 9.47. The summed E-state index contributed by atoms with van der Waals surface area (Å²) in [6, 6.07) is 0. The van der Waals surface area contributed by atoms with E-state index < -0.39 is 0 Å². The van der Waals surface area contributed by atoms with E-state index >= 15 is 0 Å².